The van der Waals surface area contributed by atoms with Crippen LogP contribution in [0.25, 0.3) is 11.1 Å². The van der Waals surface area contributed by atoms with Crippen LogP contribution in [0.3, 0.4) is 0 Å². The second-order valence-corrected chi connectivity index (χ2v) is 7.25. The minimum atomic E-state index is 0.00392. The van der Waals surface area contributed by atoms with E-state index in [-0.39, 0.29) is 23.8 Å². The Bertz CT molecular complexity index is 1010. The van der Waals surface area contributed by atoms with Crippen molar-refractivity contribution in [1.29, 1.82) is 0 Å². The molecule has 0 unspecified atom stereocenters. The standard InChI is InChI=1S/C21H20N4O3/c26-18-6-4-14(5-7-18)15-2-1-3-16(10-15)21(27)24-9-8-20-19(12-24)25-17(13-28-20)11-22-23-25/h1-7,10-11,19-20,26H,8-9,12-13H2/t19-,20-/m1/s1. The fraction of sp³-hybridized carbons (Fsp3) is 0.286. The van der Waals surface area contributed by atoms with Crippen molar-refractivity contribution in [3.63, 3.8) is 0 Å². The van der Waals surface area contributed by atoms with Crippen LogP contribution in [0.15, 0.2) is 54.7 Å². The third-order valence-corrected chi connectivity index (χ3v) is 5.53. The van der Waals surface area contributed by atoms with Gasteiger partial charge in [-0.05, 0) is 41.8 Å². The summed E-state index contributed by atoms with van der Waals surface area (Å²) in [5.41, 5.74) is 3.50. The van der Waals surface area contributed by atoms with Crippen LogP contribution < -0.4 is 0 Å². The molecule has 0 saturated carbocycles. The lowest BCUT2D eigenvalue weighted by Crippen LogP contribution is -2.49. The Labute approximate surface area is 162 Å². The van der Waals surface area contributed by atoms with Crippen LogP contribution in [0.5, 0.6) is 5.75 Å². The molecular formula is C21H20N4O3. The minimum Gasteiger partial charge on any atom is -0.508 e. The number of piperidine rings is 1. The monoisotopic (exact) mass is 376 g/mol. The zero-order valence-electron chi connectivity index (χ0n) is 15.2. The summed E-state index contributed by atoms with van der Waals surface area (Å²) in [6, 6.07) is 14.6. The molecule has 1 saturated heterocycles. The Morgan fingerprint density at radius 3 is 2.86 bits per heavy atom. The highest BCUT2D eigenvalue weighted by atomic mass is 16.5. The molecule has 2 aliphatic rings. The van der Waals surface area contributed by atoms with E-state index in [1.807, 2.05) is 46.0 Å². The van der Waals surface area contributed by atoms with Gasteiger partial charge in [0.25, 0.3) is 5.91 Å². The molecule has 1 amide bonds. The van der Waals surface area contributed by atoms with E-state index in [1.54, 1.807) is 18.3 Å². The Morgan fingerprint density at radius 2 is 2.00 bits per heavy atom. The van der Waals surface area contributed by atoms with Gasteiger partial charge in [0.2, 0.25) is 0 Å². The molecule has 1 fully saturated rings. The van der Waals surface area contributed by atoms with Crippen LogP contribution in [0.2, 0.25) is 0 Å². The number of aromatic nitrogens is 3. The molecule has 2 atom stereocenters. The second kappa shape index (κ2) is 6.76. The summed E-state index contributed by atoms with van der Waals surface area (Å²) in [5.74, 6) is 0.229. The van der Waals surface area contributed by atoms with Crippen LogP contribution in [-0.2, 0) is 11.3 Å². The number of hydrogen-bond acceptors (Lipinski definition) is 5. The van der Waals surface area contributed by atoms with Gasteiger partial charge in [-0.3, -0.25) is 4.79 Å². The van der Waals surface area contributed by atoms with Crippen molar-refractivity contribution in [1.82, 2.24) is 19.9 Å². The van der Waals surface area contributed by atoms with Gasteiger partial charge in [-0.15, -0.1) is 5.10 Å². The van der Waals surface area contributed by atoms with Gasteiger partial charge < -0.3 is 14.7 Å². The number of rotatable bonds is 2. The number of benzene rings is 2. The number of aromatic hydroxyl groups is 1. The van der Waals surface area contributed by atoms with Gasteiger partial charge in [-0.25, -0.2) is 4.68 Å². The summed E-state index contributed by atoms with van der Waals surface area (Å²) in [6.45, 7) is 1.74. The van der Waals surface area contributed by atoms with E-state index < -0.39 is 0 Å². The van der Waals surface area contributed by atoms with Crippen molar-refractivity contribution in [2.75, 3.05) is 13.1 Å². The number of amides is 1. The van der Waals surface area contributed by atoms with E-state index in [0.717, 1.165) is 23.2 Å². The number of phenolic OH excluding ortho intramolecular Hbond substituents is 1. The number of fused-ring (bicyclic) bond motifs is 3. The van der Waals surface area contributed by atoms with E-state index in [0.29, 0.717) is 25.3 Å². The SMILES string of the molecule is O=C(c1cccc(-c2ccc(O)cc2)c1)N1CC[C@H]2OCc3cnnn3[C@@H]2C1. The largest absolute Gasteiger partial charge is 0.508 e. The molecule has 0 radical (unpaired) electrons. The normalized spacial score (nSPS) is 21.1. The fourth-order valence-corrected chi connectivity index (χ4v) is 4.03. The van der Waals surface area contributed by atoms with Gasteiger partial charge in [0.1, 0.15) is 5.75 Å². The molecule has 2 aromatic carbocycles. The smallest absolute Gasteiger partial charge is 0.253 e. The molecule has 0 spiro atoms. The first kappa shape index (κ1) is 16.9. The fourth-order valence-electron chi connectivity index (χ4n) is 4.03. The number of hydrogen-bond donors (Lipinski definition) is 1. The van der Waals surface area contributed by atoms with E-state index in [4.69, 9.17) is 4.74 Å². The van der Waals surface area contributed by atoms with Crippen LogP contribution >= 0.6 is 0 Å². The zero-order valence-corrected chi connectivity index (χ0v) is 15.2. The lowest BCUT2D eigenvalue weighted by Gasteiger charge is -2.41. The minimum absolute atomic E-state index is 0.00392. The quantitative estimate of drug-likeness (QED) is 0.744. The summed E-state index contributed by atoms with van der Waals surface area (Å²) in [7, 11) is 0. The molecule has 3 aromatic rings. The van der Waals surface area contributed by atoms with Crippen molar-refractivity contribution < 1.29 is 14.6 Å². The Morgan fingerprint density at radius 1 is 1.14 bits per heavy atom. The maximum Gasteiger partial charge on any atom is 0.253 e. The predicted octanol–water partition coefficient (Wildman–Crippen LogP) is 2.64. The summed E-state index contributed by atoms with van der Waals surface area (Å²) in [6.07, 6.45) is 2.58. The number of carbonyl (C=O) groups excluding carboxylic acids is 1. The molecule has 142 valence electrons. The first-order chi connectivity index (χ1) is 13.7. The molecule has 0 aliphatic carbocycles. The van der Waals surface area contributed by atoms with Gasteiger partial charge in [0, 0.05) is 18.7 Å². The third kappa shape index (κ3) is 2.93. The Hall–Kier alpha value is -3.19. The molecule has 1 N–H and O–H groups in total. The van der Waals surface area contributed by atoms with Crippen molar-refractivity contribution in [3.8, 4) is 16.9 Å². The lowest BCUT2D eigenvalue weighted by molar-refractivity contribution is -0.0605. The molecule has 1 aromatic heterocycles. The predicted molar refractivity (Wildman–Crippen MR) is 102 cm³/mol. The summed E-state index contributed by atoms with van der Waals surface area (Å²) >= 11 is 0. The average Bonchev–Trinajstić information content (AvgIpc) is 3.23. The van der Waals surface area contributed by atoms with E-state index in [1.165, 1.54) is 0 Å². The second-order valence-electron chi connectivity index (χ2n) is 7.25. The van der Waals surface area contributed by atoms with E-state index >= 15 is 0 Å². The van der Waals surface area contributed by atoms with Gasteiger partial charge in [0.05, 0.1) is 30.6 Å². The van der Waals surface area contributed by atoms with Crippen LogP contribution in [0.4, 0.5) is 0 Å². The number of nitrogens with zero attached hydrogens (tertiary/aromatic N) is 4. The summed E-state index contributed by atoms with van der Waals surface area (Å²) in [5, 5.41) is 17.7. The van der Waals surface area contributed by atoms with Gasteiger partial charge in [-0.2, -0.15) is 0 Å². The molecule has 2 aliphatic heterocycles. The van der Waals surface area contributed by atoms with E-state index in [9.17, 15) is 9.90 Å². The zero-order chi connectivity index (χ0) is 19.1. The average molecular weight is 376 g/mol. The third-order valence-electron chi connectivity index (χ3n) is 5.53. The topological polar surface area (TPSA) is 80.5 Å². The maximum atomic E-state index is 13.2. The number of carbonyl (C=O) groups is 1. The first-order valence-electron chi connectivity index (χ1n) is 9.38. The molecular weight excluding hydrogens is 356 g/mol. The van der Waals surface area contributed by atoms with Gasteiger partial charge in [0.15, 0.2) is 0 Å². The lowest BCUT2D eigenvalue weighted by atomic mass is 9.98. The van der Waals surface area contributed by atoms with Crippen LogP contribution in [0, 0.1) is 0 Å². The molecule has 28 heavy (non-hydrogen) atoms. The van der Waals surface area contributed by atoms with Crippen molar-refractivity contribution >= 4 is 5.91 Å². The number of likely N-dealkylation sites (tertiary alicyclic amines) is 1. The van der Waals surface area contributed by atoms with Gasteiger partial charge >= 0.3 is 0 Å². The van der Waals surface area contributed by atoms with E-state index in [2.05, 4.69) is 10.3 Å². The van der Waals surface area contributed by atoms with Crippen molar-refractivity contribution in [3.05, 3.63) is 66.0 Å². The van der Waals surface area contributed by atoms with Crippen molar-refractivity contribution in [2.24, 2.45) is 0 Å². The van der Waals surface area contributed by atoms with Crippen LogP contribution in [0.1, 0.15) is 28.5 Å². The molecule has 0 bridgehead atoms. The highest BCUT2D eigenvalue weighted by molar-refractivity contribution is 5.95. The highest BCUT2D eigenvalue weighted by Crippen LogP contribution is 2.31. The maximum absolute atomic E-state index is 13.2. The molecule has 7 heteroatoms. The van der Waals surface area contributed by atoms with Crippen LogP contribution in [-0.4, -0.2) is 50.1 Å². The summed E-state index contributed by atoms with van der Waals surface area (Å²) in [4.78, 5) is 15.0. The van der Waals surface area contributed by atoms with Crippen molar-refractivity contribution in [2.45, 2.75) is 25.2 Å². The summed E-state index contributed by atoms with van der Waals surface area (Å²) < 4.78 is 7.83. The molecule has 3 heterocycles. The first-order valence-corrected chi connectivity index (χ1v) is 9.38. The molecule has 5 rings (SSSR count). The van der Waals surface area contributed by atoms with Gasteiger partial charge in [-0.1, -0.05) is 29.5 Å². The Kier molecular flexibility index (Phi) is 4.09. The number of ether oxygens (including phenoxy) is 1. The number of phenols is 1. The highest BCUT2D eigenvalue weighted by Gasteiger charge is 2.38. The molecule has 7 nitrogen and oxygen atoms in total. The Balaban J connectivity index is 1.39.